The average molecular weight is 462 g/mol. The summed E-state index contributed by atoms with van der Waals surface area (Å²) in [6.07, 6.45) is 1.08. The molecule has 0 spiro atoms. The van der Waals surface area contributed by atoms with Crippen LogP contribution in [-0.2, 0) is 0 Å². The van der Waals surface area contributed by atoms with Gasteiger partial charge in [0.05, 0.1) is 6.54 Å². The predicted octanol–water partition coefficient (Wildman–Crippen LogP) is 2.34. The summed E-state index contributed by atoms with van der Waals surface area (Å²) in [5.41, 5.74) is 0. The molecule has 0 aliphatic carbocycles. The van der Waals surface area contributed by atoms with Gasteiger partial charge in [0.1, 0.15) is 12.7 Å². The number of halogens is 1. The van der Waals surface area contributed by atoms with Crippen LogP contribution in [0.5, 0.6) is 11.5 Å². The Hall–Kier alpha value is -1.22. The number of rotatable bonds is 8. The molecular formula is C18H31IN4O2. The molecule has 6 nitrogen and oxygen atoms in total. The van der Waals surface area contributed by atoms with Crippen LogP contribution in [0.4, 0.5) is 0 Å². The van der Waals surface area contributed by atoms with Crippen LogP contribution >= 0.6 is 24.0 Å². The van der Waals surface area contributed by atoms with Crippen molar-refractivity contribution in [3.63, 3.8) is 0 Å². The number of fused-ring (bicyclic) bond motifs is 1. The normalized spacial score (nSPS) is 16.3. The maximum Gasteiger partial charge on any atom is 0.191 e. The largest absolute Gasteiger partial charge is 0.486 e. The van der Waals surface area contributed by atoms with Gasteiger partial charge in [0.2, 0.25) is 0 Å². The second kappa shape index (κ2) is 12.2. The quantitative estimate of drug-likeness (QED) is 0.269. The minimum absolute atomic E-state index is 0. The van der Waals surface area contributed by atoms with Gasteiger partial charge in [-0.05, 0) is 38.2 Å². The first kappa shape index (κ1) is 21.8. The molecule has 25 heavy (non-hydrogen) atoms. The summed E-state index contributed by atoms with van der Waals surface area (Å²) >= 11 is 0. The van der Waals surface area contributed by atoms with Crippen molar-refractivity contribution in [1.29, 1.82) is 0 Å². The van der Waals surface area contributed by atoms with E-state index in [0.717, 1.165) is 50.1 Å². The van der Waals surface area contributed by atoms with Crippen LogP contribution in [0.2, 0.25) is 0 Å². The fourth-order valence-corrected chi connectivity index (χ4v) is 2.64. The molecule has 0 saturated carbocycles. The van der Waals surface area contributed by atoms with Gasteiger partial charge in [0.25, 0.3) is 0 Å². The molecule has 1 aromatic rings. The van der Waals surface area contributed by atoms with E-state index in [4.69, 9.17) is 9.47 Å². The van der Waals surface area contributed by atoms with Crippen LogP contribution in [0.25, 0.3) is 0 Å². The van der Waals surface area contributed by atoms with Crippen LogP contribution < -0.4 is 20.1 Å². The molecule has 2 N–H and O–H groups in total. The van der Waals surface area contributed by atoms with Crippen molar-refractivity contribution in [2.24, 2.45) is 4.99 Å². The minimum atomic E-state index is -0.0193. The lowest BCUT2D eigenvalue weighted by Gasteiger charge is -2.27. The third-order valence-corrected chi connectivity index (χ3v) is 4.13. The van der Waals surface area contributed by atoms with E-state index in [9.17, 15) is 0 Å². The third-order valence-electron chi connectivity index (χ3n) is 4.13. The second-order valence-corrected chi connectivity index (χ2v) is 5.76. The van der Waals surface area contributed by atoms with Crippen molar-refractivity contribution in [1.82, 2.24) is 15.5 Å². The zero-order chi connectivity index (χ0) is 17.2. The fraction of sp³-hybridized carbons (Fsp3) is 0.611. The van der Waals surface area contributed by atoms with E-state index in [1.165, 1.54) is 0 Å². The maximum absolute atomic E-state index is 5.94. The van der Waals surface area contributed by atoms with E-state index in [1.807, 2.05) is 24.3 Å². The van der Waals surface area contributed by atoms with E-state index in [2.05, 4.69) is 34.4 Å². The number of ether oxygens (including phenoxy) is 2. The van der Waals surface area contributed by atoms with Crippen LogP contribution in [0.1, 0.15) is 20.3 Å². The third kappa shape index (κ3) is 7.27. The molecule has 1 unspecified atom stereocenters. The van der Waals surface area contributed by atoms with Crippen LogP contribution in [0, 0.1) is 0 Å². The molecule has 142 valence electrons. The zero-order valence-electron chi connectivity index (χ0n) is 15.5. The van der Waals surface area contributed by atoms with Crippen LogP contribution in [0.15, 0.2) is 29.3 Å². The topological polar surface area (TPSA) is 58.1 Å². The molecular weight excluding hydrogens is 431 g/mol. The summed E-state index contributed by atoms with van der Waals surface area (Å²) in [5.74, 6) is 2.42. The van der Waals surface area contributed by atoms with Gasteiger partial charge < -0.3 is 25.0 Å². The monoisotopic (exact) mass is 462 g/mol. The lowest BCUT2D eigenvalue weighted by Crippen LogP contribution is -2.45. The summed E-state index contributed by atoms with van der Waals surface area (Å²) in [5, 5.41) is 6.65. The molecule has 0 bridgehead atoms. The Bertz CT molecular complexity index is 524. The van der Waals surface area contributed by atoms with Gasteiger partial charge in [-0.15, -0.1) is 24.0 Å². The summed E-state index contributed by atoms with van der Waals surface area (Å²) in [6.45, 7) is 9.80. The SMILES string of the molecule is CCN(CC)CCCNC(=NC)NCC1COc2ccccc2O1.I. The highest BCUT2D eigenvalue weighted by molar-refractivity contribution is 14.0. The van der Waals surface area contributed by atoms with Crippen molar-refractivity contribution in [2.75, 3.05) is 46.4 Å². The second-order valence-electron chi connectivity index (χ2n) is 5.76. The van der Waals surface area contributed by atoms with E-state index in [-0.39, 0.29) is 30.1 Å². The van der Waals surface area contributed by atoms with Gasteiger partial charge in [-0.3, -0.25) is 4.99 Å². The summed E-state index contributed by atoms with van der Waals surface area (Å²) < 4.78 is 11.7. The number of hydrogen-bond donors (Lipinski definition) is 2. The fourth-order valence-electron chi connectivity index (χ4n) is 2.64. The van der Waals surface area contributed by atoms with Crippen molar-refractivity contribution in [3.05, 3.63) is 24.3 Å². The highest BCUT2D eigenvalue weighted by Crippen LogP contribution is 2.30. The van der Waals surface area contributed by atoms with Crippen molar-refractivity contribution in [3.8, 4) is 11.5 Å². The molecule has 1 aliphatic heterocycles. The average Bonchev–Trinajstić information content (AvgIpc) is 2.64. The van der Waals surface area contributed by atoms with Gasteiger partial charge in [0, 0.05) is 13.6 Å². The van der Waals surface area contributed by atoms with Crippen LogP contribution in [0.3, 0.4) is 0 Å². The summed E-state index contributed by atoms with van der Waals surface area (Å²) in [4.78, 5) is 6.68. The van der Waals surface area contributed by atoms with Gasteiger partial charge >= 0.3 is 0 Å². The van der Waals surface area contributed by atoms with E-state index < -0.39 is 0 Å². The van der Waals surface area contributed by atoms with E-state index in [1.54, 1.807) is 7.05 Å². The molecule has 7 heteroatoms. The van der Waals surface area contributed by atoms with Gasteiger partial charge in [-0.2, -0.15) is 0 Å². The number of hydrogen-bond acceptors (Lipinski definition) is 4. The number of benzene rings is 1. The van der Waals surface area contributed by atoms with Crippen molar-refractivity contribution >= 4 is 29.9 Å². The lowest BCUT2D eigenvalue weighted by atomic mass is 10.2. The lowest BCUT2D eigenvalue weighted by molar-refractivity contribution is 0.0936. The Morgan fingerprint density at radius 1 is 1.20 bits per heavy atom. The predicted molar refractivity (Wildman–Crippen MR) is 114 cm³/mol. The van der Waals surface area contributed by atoms with E-state index in [0.29, 0.717) is 13.2 Å². The Balaban J connectivity index is 0.00000312. The Morgan fingerprint density at radius 2 is 1.92 bits per heavy atom. The molecule has 0 fully saturated rings. The smallest absolute Gasteiger partial charge is 0.191 e. The molecule has 0 amide bonds. The molecule has 0 aromatic heterocycles. The van der Waals surface area contributed by atoms with Gasteiger partial charge in [0.15, 0.2) is 17.5 Å². The Labute approximate surface area is 168 Å². The van der Waals surface area contributed by atoms with Crippen LogP contribution in [-0.4, -0.2) is 63.3 Å². The molecule has 1 aliphatic rings. The van der Waals surface area contributed by atoms with Gasteiger partial charge in [-0.1, -0.05) is 26.0 Å². The summed E-state index contributed by atoms with van der Waals surface area (Å²) in [7, 11) is 1.78. The maximum atomic E-state index is 5.94. The Morgan fingerprint density at radius 3 is 2.60 bits per heavy atom. The first-order valence-corrected chi connectivity index (χ1v) is 8.82. The van der Waals surface area contributed by atoms with E-state index >= 15 is 0 Å². The van der Waals surface area contributed by atoms with Gasteiger partial charge in [-0.25, -0.2) is 0 Å². The highest BCUT2D eigenvalue weighted by atomic mass is 127. The number of para-hydroxylation sites is 2. The number of guanidine groups is 1. The molecule has 0 radical (unpaired) electrons. The van der Waals surface area contributed by atoms with Crippen molar-refractivity contribution in [2.45, 2.75) is 26.4 Å². The first-order chi connectivity index (χ1) is 11.8. The van der Waals surface area contributed by atoms with Crippen molar-refractivity contribution < 1.29 is 9.47 Å². The number of nitrogens with one attached hydrogen (secondary N) is 2. The number of nitrogens with zero attached hydrogens (tertiary/aromatic N) is 2. The summed E-state index contributed by atoms with van der Waals surface area (Å²) in [6, 6.07) is 7.76. The molecule has 1 aromatic carbocycles. The Kier molecular flexibility index (Phi) is 10.6. The first-order valence-electron chi connectivity index (χ1n) is 8.82. The molecule has 1 atom stereocenters. The standard InChI is InChI=1S/C18H30N4O2.HI/c1-4-22(5-2)12-8-11-20-18(19-3)21-13-15-14-23-16-9-6-7-10-17(16)24-15;/h6-7,9-10,15H,4-5,8,11-14H2,1-3H3,(H2,19,20,21);1H. The molecule has 1 heterocycles. The highest BCUT2D eigenvalue weighted by Gasteiger charge is 2.20. The zero-order valence-corrected chi connectivity index (χ0v) is 17.8. The number of aliphatic imine (C=N–C) groups is 1. The molecule has 2 rings (SSSR count). The minimum Gasteiger partial charge on any atom is -0.486 e. The molecule has 0 saturated heterocycles.